The van der Waals surface area contributed by atoms with Gasteiger partial charge in [0.15, 0.2) is 23.1 Å². The maximum Gasteiger partial charge on any atom is 0.172 e. The molecule has 0 amide bonds. The molecule has 3 nitrogen and oxygen atoms in total. The predicted molar refractivity (Wildman–Crippen MR) is 66.6 cm³/mol. The summed E-state index contributed by atoms with van der Waals surface area (Å²) in [5.41, 5.74) is 0.636. The van der Waals surface area contributed by atoms with Crippen molar-refractivity contribution in [2.45, 2.75) is 0 Å². The minimum atomic E-state index is -0.511. The van der Waals surface area contributed by atoms with Gasteiger partial charge in [-0.2, -0.15) is 0 Å². The number of ether oxygens (including phenoxy) is 2. The molecule has 0 heterocycles. The smallest absolute Gasteiger partial charge is 0.172 e. The van der Waals surface area contributed by atoms with E-state index in [4.69, 9.17) is 9.47 Å². The van der Waals surface area contributed by atoms with E-state index < -0.39 is 5.82 Å². The maximum absolute atomic E-state index is 14.1. The molecule has 0 atom stereocenters. The average Bonchev–Trinajstić information content (AvgIpc) is 2.40. The van der Waals surface area contributed by atoms with Crippen molar-refractivity contribution in [1.29, 1.82) is 0 Å². The quantitative estimate of drug-likeness (QED) is 0.906. The van der Waals surface area contributed by atoms with Crippen molar-refractivity contribution < 1.29 is 19.0 Å². The van der Waals surface area contributed by atoms with Crippen molar-refractivity contribution in [1.82, 2.24) is 0 Å². The van der Waals surface area contributed by atoms with E-state index in [0.29, 0.717) is 11.3 Å². The van der Waals surface area contributed by atoms with E-state index in [1.807, 2.05) is 0 Å². The SMILES string of the molecule is COc1cccc(-c2cccc(OC)c2F)c1O. The molecule has 0 unspecified atom stereocenters. The first-order chi connectivity index (χ1) is 8.69. The molecule has 2 rings (SSSR count). The van der Waals surface area contributed by atoms with Crippen LogP contribution in [0.3, 0.4) is 0 Å². The first kappa shape index (κ1) is 12.2. The highest BCUT2D eigenvalue weighted by Gasteiger charge is 2.15. The Morgan fingerprint density at radius 3 is 2.06 bits per heavy atom. The number of hydrogen-bond donors (Lipinski definition) is 1. The molecule has 0 aliphatic carbocycles. The maximum atomic E-state index is 14.1. The lowest BCUT2D eigenvalue weighted by Gasteiger charge is -2.11. The number of rotatable bonds is 3. The number of phenolic OH excluding ortho intramolecular Hbond substituents is 1. The zero-order valence-corrected chi connectivity index (χ0v) is 10.1. The van der Waals surface area contributed by atoms with Crippen LogP contribution in [0.2, 0.25) is 0 Å². The van der Waals surface area contributed by atoms with Crippen LogP contribution in [0.5, 0.6) is 17.2 Å². The van der Waals surface area contributed by atoms with Crippen molar-refractivity contribution in [2.75, 3.05) is 14.2 Å². The van der Waals surface area contributed by atoms with Gasteiger partial charge in [0.1, 0.15) is 0 Å². The molecule has 0 aliphatic rings. The van der Waals surface area contributed by atoms with Crippen molar-refractivity contribution in [2.24, 2.45) is 0 Å². The minimum absolute atomic E-state index is 0.0906. The van der Waals surface area contributed by atoms with Crippen LogP contribution in [0, 0.1) is 5.82 Å². The van der Waals surface area contributed by atoms with Crippen LogP contribution in [0.4, 0.5) is 4.39 Å². The standard InChI is InChI=1S/C14H13FO3/c1-17-11-7-3-5-9(13(11)15)10-6-4-8-12(18-2)14(10)16/h3-8,16H,1-2H3. The Morgan fingerprint density at radius 1 is 0.889 bits per heavy atom. The largest absolute Gasteiger partial charge is 0.504 e. The summed E-state index contributed by atoms with van der Waals surface area (Å²) < 4.78 is 24.0. The van der Waals surface area contributed by atoms with Gasteiger partial charge in [-0.05, 0) is 12.1 Å². The molecule has 0 spiro atoms. The summed E-state index contributed by atoms with van der Waals surface area (Å²) in [6, 6.07) is 9.68. The van der Waals surface area contributed by atoms with Crippen LogP contribution < -0.4 is 9.47 Å². The molecule has 0 saturated heterocycles. The fourth-order valence-corrected chi connectivity index (χ4v) is 1.78. The Kier molecular flexibility index (Phi) is 3.37. The van der Waals surface area contributed by atoms with E-state index in [-0.39, 0.29) is 17.1 Å². The van der Waals surface area contributed by atoms with Gasteiger partial charge in [-0.25, -0.2) is 4.39 Å². The summed E-state index contributed by atoms with van der Waals surface area (Å²) in [4.78, 5) is 0. The molecule has 2 aromatic rings. The van der Waals surface area contributed by atoms with Gasteiger partial charge in [0.25, 0.3) is 0 Å². The number of aromatic hydroxyl groups is 1. The van der Waals surface area contributed by atoms with Gasteiger partial charge in [-0.1, -0.05) is 24.3 Å². The fourth-order valence-electron chi connectivity index (χ4n) is 1.78. The van der Waals surface area contributed by atoms with Gasteiger partial charge in [-0.15, -0.1) is 0 Å². The van der Waals surface area contributed by atoms with Gasteiger partial charge in [0, 0.05) is 11.1 Å². The van der Waals surface area contributed by atoms with Crippen LogP contribution in [0.25, 0.3) is 11.1 Å². The van der Waals surface area contributed by atoms with Crippen LogP contribution in [0.15, 0.2) is 36.4 Å². The molecule has 0 bridgehead atoms. The first-order valence-corrected chi connectivity index (χ1v) is 5.38. The zero-order chi connectivity index (χ0) is 13.1. The summed E-state index contributed by atoms with van der Waals surface area (Å²) in [6.07, 6.45) is 0. The Labute approximate surface area is 104 Å². The average molecular weight is 248 g/mol. The van der Waals surface area contributed by atoms with E-state index in [2.05, 4.69) is 0 Å². The molecule has 0 radical (unpaired) electrons. The molecule has 0 aromatic heterocycles. The van der Waals surface area contributed by atoms with E-state index in [1.54, 1.807) is 30.3 Å². The molecular formula is C14H13FO3. The highest BCUT2D eigenvalue weighted by atomic mass is 19.1. The summed E-state index contributed by atoms with van der Waals surface area (Å²) >= 11 is 0. The Morgan fingerprint density at radius 2 is 1.44 bits per heavy atom. The lowest BCUT2D eigenvalue weighted by Crippen LogP contribution is -1.92. The second-order valence-corrected chi connectivity index (χ2v) is 3.68. The normalized spacial score (nSPS) is 10.2. The van der Waals surface area contributed by atoms with Gasteiger partial charge in [0.2, 0.25) is 0 Å². The van der Waals surface area contributed by atoms with Gasteiger partial charge >= 0.3 is 0 Å². The Bertz CT molecular complexity index is 515. The topological polar surface area (TPSA) is 38.7 Å². The second-order valence-electron chi connectivity index (χ2n) is 3.68. The van der Waals surface area contributed by atoms with Crippen molar-refractivity contribution in [3.8, 4) is 28.4 Å². The van der Waals surface area contributed by atoms with E-state index in [9.17, 15) is 9.50 Å². The third kappa shape index (κ3) is 1.97. The summed E-state index contributed by atoms with van der Waals surface area (Å²) in [5, 5.41) is 10.00. The fraction of sp³-hybridized carbons (Fsp3) is 0.143. The van der Waals surface area contributed by atoms with Gasteiger partial charge in [-0.3, -0.25) is 0 Å². The van der Waals surface area contributed by atoms with Gasteiger partial charge in [0.05, 0.1) is 14.2 Å². The molecule has 94 valence electrons. The van der Waals surface area contributed by atoms with E-state index >= 15 is 0 Å². The van der Waals surface area contributed by atoms with Crippen LogP contribution in [-0.4, -0.2) is 19.3 Å². The lowest BCUT2D eigenvalue weighted by atomic mass is 10.0. The number of halogens is 1. The van der Waals surface area contributed by atoms with Crippen molar-refractivity contribution in [3.05, 3.63) is 42.2 Å². The van der Waals surface area contributed by atoms with Crippen molar-refractivity contribution >= 4 is 0 Å². The second kappa shape index (κ2) is 4.96. The van der Waals surface area contributed by atoms with Crippen LogP contribution >= 0.6 is 0 Å². The molecule has 0 fully saturated rings. The molecule has 1 N–H and O–H groups in total. The number of methoxy groups -OCH3 is 2. The Balaban J connectivity index is 2.62. The lowest BCUT2D eigenvalue weighted by molar-refractivity contribution is 0.373. The number of benzene rings is 2. The monoisotopic (exact) mass is 248 g/mol. The van der Waals surface area contributed by atoms with E-state index in [1.165, 1.54) is 20.3 Å². The molecule has 0 aliphatic heterocycles. The molecule has 0 saturated carbocycles. The minimum Gasteiger partial charge on any atom is -0.504 e. The van der Waals surface area contributed by atoms with Crippen molar-refractivity contribution in [3.63, 3.8) is 0 Å². The molecule has 4 heteroatoms. The molecule has 18 heavy (non-hydrogen) atoms. The number of phenols is 1. The van der Waals surface area contributed by atoms with E-state index in [0.717, 1.165) is 0 Å². The third-order valence-corrected chi connectivity index (χ3v) is 2.69. The highest BCUT2D eigenvalue weighted by molar-refractivity contribution is 5.74. The summed E-state index contributed by atoms with van der Waals surface area (Å²) in [5.74, 6) is -0.167. The summed E-state index contributed by atoms with van der Waals surface area (Å²) in [7, 11) is 2.84. The zero-order valence-electron chi connectivity index (χ0n) is 10.1. The highest BCUT2D eigenvalue weighted by Crippen LogP contribution is 2.39. The molecule has 2 aromatic carbocycles. The molecular weight excluding hydrogens is 235 g/mol. The Hall–Kier alpha value is -2.23. The number of hydrogen-bond acceptors (Lipinski definition) is 3. The summed E-state index contributed by atoms with van der Waals surface area (Å²) in [6.45, 7) is 0. The third-order valence-electron chi connectivity index (χ3n) is 2.69. The number of para-hydroxylation sites is 1. The van der Waals surface area contributed by atoms with Gasteiger partial charge < -0.3 is 14.6 Å². The van der Waals surface area contributed by atoms with Crippen LogP contribution in [0.1, 0.15) is 0 Å². The first-order valence-electron chi connectivity index (χ1n) is 5.38. The van der Waals surface area contributed by atoms with Crippen LogP contribution in [-0.2, 0) is 0 Å². The predicted octanol–water partition coefficient (Wildman–Crippen LogP) is 3.22.